The highest BCUT2D eigenvalue weighted by atomic mass is 32.2. The molecule has 11 heteroatoms. The van der Waals surface area contributed by atoms with E-state index in [2.05, 4.69) is 15.5 Å². The van der Waals surface area contributed by atoms with Crippen molar-refractivity contribution in [3.63, 3.8) is 0 Å². The smallest absolute Gasteiger partial charge is 0.293 e. The minimum absolute atomic E-state index is 0.0260. The number of aromatic nitrogens is 2. The summed E-state index contributed by atoms with van der Waals surface area (Å²) in [5.41, 5.74) is 0.233. The fraction of sp³-hybridized carbons (Fsp3) is 0.350. The van der Waals surface area contributed by atoms with Gasteiger partial charge in [0.2, 0.25) is 11.8 Å². The van der Waals surface area contributed by atoms with Crippen LogP contribution in [0.4, 0.5) is 9.18 Å². The number of thioether (sulfide) groups is 1. The van der Waals surface area contributed by atoms with Crippen molar-refractivity contribution in [3.8, 4) is 0 Å². The first-order valence-corrected chi connectivity index (χ1v) is 10.5. The number of likely N-dealkylation sites (N-methyl/N-ethyl adjacent to an activating group) is 1. The number of carbonyl (C=O) groups excluding carboxylic acids is 3. The summed E-state index contributed by atoms with van der Waals surface area (Å²) in [6.07, 6.45) is 2.02. The largest absolute Gasteiger partial charge is 0.353 e. The van der Waals surface area contributed by atoms with Crippen molar-refractivity contribution in [2.75, 3.05) is 26.7 Å². The standard InChI is InChI=1S/C20H22FN5O4S/c1-3-16-23-18(30-24-16)12-25(2)11-17(27)22-8-9-26-19(28)15(31-20(26)29)10-13-6-4-5-7-14(13)21/h4-7,10H,3,8-9,11-12H2,1-2H3,(H,22,27)/b15-10-. The molecule has 1 fully saturated rings. The third-order valence-corrected chi connectivity index (χ3v) is 5.28. The third kappa shape index (κ3) is 5.98. The Balaban J connectivity index is 1.46. The van der Waals surface area contributed by atoms with Crippen LogP contribution in [0.5, 0.6) is 0 Å². The summed E-state index contributed by atoms with van der Waals surface area (Å²) < 4.78 is 18.9. The van der Waals surface area contributed by atoms with Crippen molar-refractivity contribution in [3.05, 3.63) is 52.3 Å². The van der Waals surface area contributed by atoms with Gasteiger partial charge in [-0.25, -0.2) is 4.39 Å². The van der Waals surface area contributed by atoms with Crippen LogP contribution in [0.2, 0.25) is 0 Å². The summed E-state index contributed by atoms with van der Waals surface area (Å²) >= 11 is 0.747. The van der Waals surface area contributed by atoms with Crippen LogP contribution in [0.1, 0.15) is 24.2 Å². The number of hydrogen-bond donors (Lipinski definition) is 1. The topological polar surface area (TPSA) is 109 Å². The highest BCUT2D eigenvalue weighted by Gasteiger charge is 2.34. The number of aryl methyl sites for hydroxylation is 1. The lowest BCUT2D eigenvalue weighted by Crippen LogP contribution is -2.40. The van der Waals surface area contributed by atoms with E-state index >= 15 is 0 Å². The predicted octanol–water partition coefficient (Wildman–Crippen LogP) is 2.06. The molecule has 1 aromatic carbocycles. The van der Waals surface area contributed by atoms with Crippen molar-refractivity contribution < 1.29 is 23.3 Å². The van der Waals surface area contributed by atoms with Crippen LogP contribution in [-0.2, 0) is 22.6 Å². The van der Waals surface area contributed by atoms with E-state index in [1.165, 1.54) is 18.2 Å². The first-order valence-electron chi connectivity index (χ1n) is 9.64. The van der Waals surface area contributed by atoms with Gasteiger partial charge in [-0.15, -0.1) is 0 Å². The molecular formula is C20H22FN5O4S. The van der Waals surface area contributed by atoms with E-state index in [1.54, 1.807) is 24.1 Å². The Bertz CT molecular complexity index is 1010. The molecule has 31 heavy (non-hydrogen) atoms. The molecule has 3 rings (SSSR count). The van der Waals surface area contributed by atoms with E-state index in [4.69, 9.17) is 4.52 Å². The quantitative estimate of drug-likeness (QED) is 0.582. The highest BCUT2D eigenvalue weighted by Crippen LogP contribution is 2.32. The van der Waals surface area contributed by atoms with Gasteiger partial charge in [-0.3, -0.25) is 24.2 Å². The maximum atomic E-state index is 13.8. The fourth-order valence-electron chi connectivity index (χ4n) is 2.82. The highest BCUT2D eigenvalue weighted by molar-refractivity contribution is 8.18. The van der Waals surface area contributed by atoms with Crippen molar-refractivity contribution in [2.45, 2.75) is 19.9 Å². The van der Waals surface area contributed by atoms with Crippen LogP contribution in [-0.4, -0.2) is 63.7 Å². The summed E-state index contributed by atoms with van der Waals surface area (Å²) in [7, 11) is 1.74. The van der Waals surface area contributed by atoms with E-state index in [0.29, 0.717) is 24.7 Å². The molecule has 0 bridgehead atoms. The van der Waals surface area contributed by atoms with Crippen LogP contribution >= 0.6 is 11.8 Å². The second-order valence-electron chi connectivity index (χ2n) is 6.84. The second kappa shape index (κ2) is 10.3. The summed E-state index contributed by atoms with van der Waals surface area (Å²) in [6.45, 7) is 2.46. The van der Waals surface area contributed by atoms with E-state index in [1.807, 2.05) is 6.92 Å². The molecule has 1 aromatic heterocycles. The van der Waals surface area contributed by atoms with Crippen LogP contribution in [0, 0.1) is 5.82 Å². The zero-order valence-electron chi connectivity index (χ0n) is 17.1. The van der Waals surface area contributed by atoms with E-state index < -0.39 is 17.0 Å². The molecule has 0 spiro atoms. The molecule has 1 aliphatic heterocycles. The normalized spacial score (nSPS) is 15.4. The van der Waals surface area contributed by atoms with Gasteiger partial charge < -0.3 is 9.84 Å². The van der Waals surface area contributed by atoms with E-state index in [9.17, 15) is 18.8 Å². The summed E-state index contributed by atoms with van der Waals surface area (Å²) in [5, 5.41) is 6.02. The SMILES string of the molecule is CCc1noc(CN(C)CC(=O)NCCN2C(=O)S/C(=C\c3ccccc3F)C2=O)n1. The Morgan fingerprint density at radius 2 is 2.13 bits per heavy atom. The molecule has 0 aliphatic carbocycles. The zero-order chi connectivity index (χ0) is 22.4. The van der Waals surface area contributed by atoms with Crippen molar-refractivity contribution in [2.24, 2.45) is 0 Å². The van der Waals surface area contributed by atoms with Gasteiger partial charge in [0.1, 0.15) is 5.82 Å². The Morgan fingerprint density at radius 3 is 2.84 bits per heavy atom. The molecule has 3 amide bonds. The average Bonchev–Trinajstić information content (AvgIpc) is 3.28. The maximum Gasteiger partial charge on any atom is 0.293 e. The first-order chi connectivity index (χ1) is 14.9. The monoisotopic (exact) mass is 447 g/mol. The van der Waals surface area contributed by atoms with Gasteiger partial charge in [0, 0.05) is 25.1 Å². The lowest BCUT2D eigenvalue weighted by Gasteiger charge is -2.16. The van der Waals surface area contributed by atoms with Gasteiger partial charge >= 0.3 is 0 Å². The number of halogens is 1. The molecule has 1 N–H and O–H groups in total. The lowest BCUT2D eigenvalue weighted by molar-refractivity contribution is -0.124. The van der Waals surface area contributed by atoms with Gasteiger partial charge in [-0.05, 0) is 31.0 Å². The van der Waals surface area contributed by atoms with Crippen molar-refractivity contribution in [1.82, 2.24) is 25.3 Å². The van der Waals surface area contributed by atoms with Gasteiger partial charge in [0.15, 0.2) is 5.82 Å². The third-order valence-electron chi connectivity index (χ3n) is 4.37. The molecule has 164 valence electrons. The van der Waals surface area contributed by atoms with E-state index in [-0.39, 0.29) is 36.0 Å². The molecule has 1 aliphatic rings. The Kier molecular flexibility index (Phi) is 7.53. The number of imide groups is 1. The number of benzene rings is 1. The van der Waals surface area contributed by atoms with Crippen LogP contribution in [0.25, 0.3) is 6.08 Å². The number of nitrogens with zero attached hydrogens (tertiary/aromatic N) is 4. The molecule has 0 radical (unpaired) electrons. The first kappa shape index (κ1) is 22.6. The number of amides is 3. The maximum absolute atomic E-state index is 13.8. The zero-order valence-corrected chi connectivity index (χ0v) is 17.9. The molecule has 0 atom stereocenters. The number of nitrogens with one attached hydrogen (secondary N) is 1. The summed E-state index contributed by atoms with van der Waals surface area (Å²) in [4.78, 5) is 43.8. The molecular weight excluding hydrogens is 425 g/mol. The minimum Gasteiger partial charge on any atom is -0.353 e. The molecule has 2 heterocycles. The van der Waals surface area contributed by atoms with Crippen LogP contribution in [0.15, 0.2) is 33.7 Å². The Morgan fingerprint density at radius 1 is 1.35 bits per heavy atom. The minimum atomic E-state index is -0.507. The second-order valence-corrected chi connectivity index (χ2v) is 7.83. The van der Waals surface area contributed by atoms with Gasteiger partial charge in [-0.1, -0.05) is 30.3 Å². The van der Waals surface area contributed by atoms with Gasteiger partial charge in [0.25, 0.3) is 11.1 Å². The Hall–Kier alpha value is -3.05. The Labute approximate surface area is 182 Å². The summed E-state index contributed by atoms with van der Waals surface area (Å²) in [5.74, 6) is -0.225. The van der Waals surface area contributed by atoms with Crippen LogP contribution in [0.3, 0.4) is 0 Å². The average molecular weight is 447 g/mol. The molecule has 2 aromatic rings. The predicted molar refractivity (Wildman–Crippen MR) is 112 cm³/mol. The molecule has 1 saturated heterocycles. The molecule has 9 nitrogen and oxygen atoms in total. The van der Waals surface area contributed by atoms with Crippen molar-refractivity contribution in [1.29, 1.82) is 0 Å². The lowest BCUT2D eigenvalue weighted by atomic mass is 10.2. The van der Waals surface area contributed by atoms with E-state index in [0.717, 1.165) is 16.7 Å². The molecule has 0 unspecified atom stereocenters. The number of hydrogen-bond acceptors (Lipinski definition) is 8. The number of rotatable bonds is 9. The summed E-state index contributed by atoms with van der Waals surface area (Å²) in [6, 6.07) is 6.00. The van der Waals surface area contributed by atoms with Gasteiger partial charge in [0.05, 0.1) is 18.0 Å². The van der Waals surface area contributed by atoms with Crippen LogP contribution < -0.4 is 5.32 Å². The molecule has 0 saturated carbocycles. The fourth-order valence-corrected chi connectivity index (χ4v) is 3.68. The van der Waals surface area contributed by atoms with Gasteiger partial charge in [-0.2, -0.15) is 4.98 Å². The number of carbonyl (C=O) groups is 3. The van der Waals surface area contributed by atoms with Crippen molar-refractivity contribution >= 4 is 34.9 Å².